The molecule has 0 heterocycles. The predicted molar refractivity (Wildman–Crippen MR) is 108 cm³/mol. The van der Waals surface area contributed by atoms with E-state index in [2.05, 4.69) is 6.58 Å². The van der Waals surface area contributed by atoms with E-state index in [0.29, 0.717) is 5.39 Å². The Morgan fingerprint density at radius 1 is 1.00 bits per heavy atom. The Morgan fingerprint density at radius 2 is 1.66 bits per heavy atom. The Hall–Kier alpha value is -3.15. The number of hydrogen-bond acceptors (Lipinski definition) is 4. The van der Waals surface area contributed by atoms with Crippen molar-refractivity contribution in [1.29, 1.82) is 0 Å². The number of carbonyl (C=O) groups excluding carboxylic acids is 1. The highest BCUT2D eigenvalue weighted by Gasteiger charge is 2.49. The maximum Gasteiger partial charge on any atom is 0.332 e. The molecule has 29 heavy (non-hydrogen) atoms. The van der Waals surface area contributed by atoms with Crippen LogP contribution in [0.15, 0.2) is 54.6 Å². The molecule has 0 spiro atoms. The second-order valence-corrected chi connectivity index (χ2v) is 7.45. The fourth-order valence-corrected chi connectivity index (χ4v) is 4.09. The van der Waals surface area contributed by atoms with Gasteiger partial charge < -0.3 is 14.9 Å². The van der Waals surface area contributed by atoms with Gasteiger partial charge in [-0.2, -0.15) is 0 Å². The second kappa shape index (κ2) is 8.47. The Morgan fingerprint density at radius 3 is 2.31 bits per heavy atom. The van der Waals surface area contributed by atoms with E-state index in [1.807, 2.05) is 0 Å². The fourth-order valence-electron chi connectivity index (χ4n) is 4.09. The van der Waals surface area contributed by atoms with Crippen LogP contribution in [-0.2, 0) is 24.5 Å². The minimum atomic E-state index is -2.13. The molecule has 152 valence electrons. The van der Waals surface area contributed by atoms with E-state index in [-0.39, 0.29) is 11.7 Å². The zero-order valence-electron chi connectivity index (χ0n) is 16.1. The number of aliphatic carboxylic acids is 2. The predicted octanol–water partition coefficient (Wildman–Crippen LogP) is 4.07. The lowest BCUT2D eigenvalue weighted by Gasteiger charge is -2.31. The van der Waals surface area contributed by atoms with Gasteiger partial charge in [-0.3, -0.25) is 9.59 Å². The first-order valence-electron chi connectivity index (χ1n) is 9.70. The Labute approximate surface area is 168 Å². The molecule has 6 nitrogen and oxygen atoms in total. The van der Waals surface area contributed by atoms with E-state index in [9.17, 15) is 24.6 Å². The van der Waals surface area contributed by atoms with Crippen molar-refractivity contribution in [2.24, 2.45) is 0 Å². The summed E-state index contributed by atoms with van der Waals surface area (Å²) in [6.45, 7) is 3.54. The average Bonchev–Trinajstić information content (AvgIpc) is 2.71. The molecule has 3 rings (SSSR count). The Kier molecular flexibility index (Phi) is 6.01. The van der Waals surface area contributed by atoms with Gasteiger partial charge in [-0.25, -0.2) is 4.79 Å². The van der Waals surface area contributed by atoms with Crippen LogP contribution in [-0.4, -0.2) is 34.2 Å². The summed E-state index contributed by atoms with van der Waals surface area (Å²) in [6.07, 6.45) is 3.57. The van der Waals surface area contributed by atoms with Gasteiger partial charge in [-0.1, -0.05) is 55.5 Å². The van der Waals surface area contributed by atoms with E-state index in [4.69, 9.17) is 4.74 Å². The maximum absolute atomic E-state index is 12.7. The molecule has 0 saturated heterocycles. The Balaban J connectivity index is 2.08. The number of carbonyl (C=O) groups is 3. The van der Waals surface area contributed by atoms with Crippen LogP contribution in [0.2, 0.25) is 0 Å². The van der Waals surface area contributed by atoms with E-state index < -0.39 is 35.3 Å². The number of carboxylic acid groups (broad SMARTS) is 2. The van der Waals surface area contributed by atoms with Gasteiger partial charge >= 0.3 is 17.9 Å². The molecular formula is C23H24O6. The van der Waals surface area contributed by atoms with Gasteiger partial charge in [0.25, 0.3) is 0 Å². The summed E-state index contributed by atoms with van der Waals surface area (Å²) in [5.74, 6) is -3.64. The molecule has 0 aromatic heterocycles. The number of fused-ring (bicyclic) bond motifs is 1. The minimum absolute atomic E-state index is 0.219. The molecule has 0 radical (unpaired) electrons. The molecule has 6 heteroatoms. The van der Waals surface area contributed by atoms with Crippen LogP contribution in [0.25, 0.3) is 10.8 Å². The molecule has 2 N–H and O–H groups in total. The van der Waals surface area contributed by atoms with Crippen LogP contribution in [0.5, 0.6) is 0 Å². The second-order valence-electron chi connectivity index (χ2n) is 7.45. The van der Waals surface area contributed by atoms with E-state index in [0.717, 1.165) is 37.5 Å². The number of benzene rings is 2. The lowest BCUT2D eigenvalue weighted by molar-refractivity contribution is -0.157. The molecule has 1 aliphatic rings. The summed E-state index contributed by atoms with van der Waals surface area (Å²) in [6, 6.07) is 12.0. The smallest absolute Gasteiger partial charge is 0.332 e. The molecular weight excluding hydrogens is 372 g/mol. The summed E-state index contributed by atoms with van der Waals surface area (Å²) < 4.78 is 5.52. The Bertz CT molecular complexity index is 951. The van der Waals surface area contributed by atoms with Crippen LogP contribution in [0.4, 0.5) is 0 Å². The molecule has 1 saturated carbocycles. The summed E-state index contributed by atoms with van der Waals surface area (Å²) in [5, 5.41) is 21.1. The van der Waals surface area contributed by atoms with Crippen molar-refractivity contribution in [3.63, 3.8) is 0 Å². The van der Waals surface area contributed by atoms with Crippen molar-refractivity contribution in [2.75, 3.05) is 0 Å². The third-order valence-corrected chi connectivity index (χ3v) is 5.65. The van der Waals surface area contributed by atoms with E-state index in [1.54, 1.807) is 42.5 Å². The average molecular weight is 396 g/mol. The van der Waals surface area contributed by atoms with Crippen molar-refractivity contribution in [3.8, 4) is 0 Å². The lowest BCUT2D eigenvalue weighted by atomic mass is 9.70. The molecule has 0 aliphatic heterocycles. The van der Waals surface area contributed by atoms with Gasteiger partial charge in [-0.05, 0) is 42.0 Å². The topological polar surface area (TPSA) is 101 Å². The van der Waals surface area contributed by atoms with E-state index in [1.165, 1.54) is 0 Å². The van der Waals surface area contributed by atoms with Crippen LogP contribution in [0, 0.1) is 0 Å². The van der Waals surface area contributed by atoms with E-state index >= 15 is 0 Å². The van der Waals surface area contributed by atoms with Gasteiger partial charge in [-0.15, -0.1) is 0 Å². The van der Waals surface area contributed by atoms with Gasteiger partial charge in [0.05, 0.1) is 12.0 Å². The maximum atomic E-state index is 12.7. The fraction of sp³-hybridized carbons (Fsp3) is 0.348. The van der Waals surface area contributed by atoms with Crippen LogP contribution in [0.3, 0.4) is 0 Å². The highest BCUT2D eigenvalue weighted by atomic mass is 16.5. The quantitative estimate of drug-likeness (QED) is 0.540. The first-order chi connectivity index (χ1) is 13.9. The normalized spacial score (nSPS) is 16.7. The SMILES string of the molecule is C=C(C(=O)O)C(CC(=O)OC1CCCCC1)(C(=O)O)c1cccc2ccccc12. The number of carboxylic acids is 2. The number of hydrogen-bond donors (Lipinski definition) is 2. The van der Waals surface area contributed by atoms with Crippen molar-refractivity contribution < 1.29 is 29.3 Å². The summed E-state index contributed by atoms with van der Waals surface area (Å²) in [4.78, 5) is 37.1. The van der Waals surface area contributed by atoms with Crippen molar-refractivity contribution in [2.45, 2.75) is 50.0 Å². The molecule has 1 unspecified atom stereocenters. The molecule has 1 atom stereocenters. The third kappa shape index (κ3) is 4.01. The molecule has 1 fully saturated rings. The van der Waals surface area contributed by atoms with Gasteiger partial charge in [0, 0.05) is 0 Å². The molecule has 0 bridgehead atoms. The number of rotatable bonds is 7. The van der Waals surface area contributed by atoms with Crippen LogP contribution in [0.1, 0.15) is 44.1 Å². The first-order valence-corrected chi connectivity index (χ1v) is 9.70. The van der Waals surface area contributed by atoms with Crippen molar-refractivity contribution in [1.82, 2.24) is 0 Å². The zero-order chi connectivity index (χ0) is 21.0. The molecule has 0 amide bonds. The highest BCUT2D eigenvalue weighted by Crippen LogP contribution is 2.40. The van der Waals surface area contributed by atoms with Gasteiger partial charge in [0.2, 0.25) is 0 Å². The third-order valence-electron chi connectivity index (χ3n) is 5.65. The van der Waals surface area contributed by atoms with Gasteiger partial charge in [0.15, 0.2) is 0 Å². The summed E-state index contributed by atoms with van der Waals surface area (Å²) in [5.41, 5.74) is -2.48. The lowest BCUT2D eigenvalue weighted by Crippen LogP contribution is -2.43. The highest BCUT2D eigenvalue weighted by molar-refractivity contribution is 6.05. The van der Waals surface area contributed by atoms with Crippen LogP contribution >= 0.6 is 0 Å². The molecule has 1 aliphatic carbocycles. The molecule has 2 aromatic rings. The monoisotopic (exact) mass is 396 g/mol. The largest absolute Gasteiger partial charge is 0.480 e. The van der Waals surface area contributed by atoms with Crippen molar-refractivity contribution in [3.05, 3.63) is 60.2 Å². The zero-order valence-corrected chi connectivity index (χ0v) is 16.1. The van der Waals surface area contributed by atoms with Gasteiger partial charge in [0.1, 0.15) is 11.5 Å². The standard InChI is InChI=1S/C23H24O6/c1-15(21(25)26)23(22(27)28,14-20(24)29-17-10-3-2-4-11-17)19-13-7-9-16-8-5-6-12-18(16)19/h5-9,12-13,17H,1-4,10-11,14H2,(H,25,26)(H,27,28). The summed E-state index contributed by atoms with van der Waals surface area (Å²) >= 11 is 0. The summed E-state index contributed by atoms with van der Waals surface area (Å²) in [7, 11) is 0. The number of esters is 1. The first kappa shape index (κ1) is 20.6. The van der Waals surface area contributed by atoms with Crippen molar-refractivity contribution >= 4 is 28.7 Å². The molecule has 2 aromatic carbocycles. The number of ether oxygens (including phenoxy) is 1. The van der Waals surface area contributed by atoms with Crippen LogP contribution < -0.4 is 0 Å². The minimum Gasteiger partial charge on any atom is -0.480 e.